The Bertz CT molecular complexity index is 764. The maximum atomic E-state index is 12.2. The second kappa shape index (κ2) is 5.19. The van der Waals surface area contributed by atoms with Crippen LogP contribution in [-0.4, -0.2) is 27.2 Å². The summed E-state index contributed by atoms with van der Waals surface area (Å²) in [5.74, 6) is -1.47. The first-order valence-corrected chi connectivity index (χ1v) is 7.25. The minimum atomic E-state index is -0.933. The van der Waals surface area contributed by atoms with Gasteiger partial charge in [0.25, 0.3) is 0 Å². The second-order valence-electron chi connectivity index (χ2n) is 6.31. The molecular formula is C16H17N3O4. The van der Waals surface area contributed by atoms with E-state index in [1.54, 1.807) is 45.0 Å². The van der Waals surface area contributed by atoms with Crippen molar-refractivity contribution in [2.45, 2.75) is 20.8 Å². The topological polar surface area (TPSA) is 105 Å². The van der Waals surface area contributed by atoms with Crippen LogP contribution in [0.3, 0.4) is 0 Å². The molecule has 1 aliphatic carbocycles. The lowest BCUT2D eigenvalue weighted by Crippen LogP contribution is -2.17. The summed E-state index contributed by atoms with van der Waals surface area (Å²) < 4.78 is 5.33. The number of carbonyl (C=O) groups is 2. The highest BCUT2D eigenvalue weighted by Gasteiger charge is 2.65. The van der Waals surface area contributed by atoms with Crippen LogP contribution in [0, 0.1) is 24.2 Å². The minimum Gasteiger partial charge on any atom is -0.481 e. The Hall–Kier alpha value is -2.70. The Morgan fingerprint density at radius 3 is 2.30 bits per heavy atom. The molecule has 1 fully saturated rings. The highest BCUT2D eigenvalue weighted by Crippen LogP contribution is 2.58. The summed E-state index contributed by atoms with van der Waals surface area (Å²) in [6.07, 6.45) is 0. The molecule has 1 saturated carbocycles. The number of aryl methyl sites for hydroxylation is 1. The van der Waals surface area contributed by atoms with Crippen LogP contribution in [0.2, 0.25) is 0 Å². The van der Waals surface area contributed by atoms with Gasteiger partial charge in [-0.15, -0.1) is 10.2 Å². The van der Waals surface area contributed by atoms with E-state index in [0.29, 0.717) is 17.5 Å². The Morgan fingerprint density at radius 1 is 1.17 bits per heavy atom. The van der Waals surface area contributed by atoms with Crippen molar-refractivity contribution in [1.29, 1.82) is 0 Å². The van der Waals surface area contributed by atoms with Gasteiger partial charge in [0.2, 0.25) is 17.7 Å². The van der Waals surface area contributed by atoms with Gasteiger partial charge in [-0.2, -0.15) is 0 Å². The van der Waals surface area contributed by atoms with E-state index in [2.05, 4.69) is 15.5 Å². The molecule has 1 amide bonds. The molecule has 0 aliphatic heterocycles. The molecule has 1 aromatic heterocycles. The lowest BCUT2D eigenvalue weighted by Gasteiger charge is -2.06. The van der Waals surface area contributed by atoms with Gasteiger partial charge in [-0.1, -0.05) is 13.8 Å². The van der Waals surface area contributed by atoms with Crippen molar-refractivity contribution in [1.82, 2.24) is 10.2 Å². The van der Waals surface area contributed by atoms with Gasteiger partial charge < -0.3 is 14.8 Å². The van der Waals surface area contributed by atoms with Crippen molar-refractivity contribution in [2.24, 2.45) is 17.3 Å². The Labute approximate surface area is 132 Å². The summed E-state index contributed by atoms with van der Waals surface area (Å²) in [6.45, 7) is 5.29. The third-order valence-electron chi connectivity index (χ3n) is 4.30. The van der Waals surface area contributed by atoms with Crippen molar-refractivity contribution < 1.29 is 19.1 Å². The van der Waals surface area contributed by atoms with E-state index in [4.69, 9.17) is 9.52 Å². The van der Waals surface area contributed by atoms with Crippen LogP contribution >= 0.6 is 0 Å². The monoisotopic (exact) mass is 315 g/mol. The summed E-state index contributed by atoms with van der Waals surface area (Å²) in [5, 5.41) is 19.6. The first-order chi connectivity index (χ1) is 10.8. The lowest BCUT2D eigenvalue weighted by atomic mass is 10.1. The summed E-state index contributed by atoms with van der Waals surface area (Å²) in [4.78, 5) is 23.4. The molecule has 1 aliphatic rings. The number of nitrogens with one attached hydrogen (secondary N) is 1. The van der Waals surface area contributed by atoms with Gasteiger partial charge in [-0.25, -0.2) is 0 Å². The molecule has 1 aromatic carbocycles. The number of rotatable bonds is 4. The molecular weight excluding hydrogens is 298 g/mol. The van der Waals surface area contributed by atoms with E-state index in [-0.39, 0.29) is 5.91 Å². The van der Waals surface area contributed by atoms with Crippen LogP contribution in [0.5, 0.6) is 0 Å². The summed E-state index contributed by atoms with van der Waals surface area (Å²) >= 11 is 0. The number of carbonyl (C=O) groups excluding carboxylic acids is 1. The molecule has 2 atom stereocenters. The number of hydrogen-bond donors (Lipinski definition) is 2. The van der Waals surface area contributed by atoms with E-state index in [1.807, 2.05) is 0 Å². The van der Waals surface area contributed by atoms with Gasteiger partial charge in [0.05, 0.1) is 11.8 Å². The van der Waals surface area contributed by atoms with E-state index in [9.17, 15) is 9.59 Å². The molecule has 7 nitrogen and oxygen atoms in total. The number of amides is 1. The molecule has 0 unspecified atom stereocenters. The van der Waals surface area contributed by atoms with Gasteiger partial charge in [0.1, 0.15) is 0 Å². The van der Waals surface area contributed by atoms with E-state index < -0.39 is 23.2 Å². The number of aliphatic carboxylic acids is 1. The molecule has 23 heavy (non-hydrogen) atoms. The van der Waals surface area contributed by atoms with E-state index in [0.717, 1.165) is 5.56 Å². The van der Waals surface area contributed by atoms with E-state index in [1.165, 1.54) is 0 Å². The third kappa shape index (κ3) is 2.69. The maximum absolute atomic E-state index is 12.2. The van der Waals surface area contributed by atoms with E-state index >= 15 is 0 Å². The van der Waals surface area contributed by atoms with Crippen LogP contribution < -0.4 is 5.32 Å². The van der Waals surface area contributed by atoms with Gasteiger partial charge in [0.15, 0.2) is 0 Å². The number of aromatic nitrogens is 2. The molecule has 7 heteroatoms. The summed E-state index contributed by atoms with van der Waals surface area (Å²) in [6, 6.07) is 6.96. The first-order valence-electron chi connectivity index (χ1n) is 7.25. The SMILES string of the molecule is Cc1nnc(-c2ccc(NC(=O)[C@@H]3[C@H](C(=O)O)C3(C)C)cc2)o1. The van der Waals surface area contributed by atoms with Gasteiger partial charge >= 0.3 is 5.97 Å². The van der Waals surface area contributed by atoms with Crippen molar-refractivity contribution in [3.8, 4) is 11.5 Å². The first kappa shape index (κ1) is 15.2. The molecule has 120 valence electrons. The van der Waals surface area contributed by atoms with Crippen LogP contribution in [0.1, 0.15) is 19.7 Å². The van der Waals surface area contributed by atoms with Gasteiger partial charge in [-0.05, 0) is 29.7 Å². The smallest absolute Gasteiger partial charge is 0.307 e. The molecule has 0 radical (unpaired) electrons. The summed E-state index contributed by atoms with van der Waals surface area (Å²) in [5.41, 5.74) is 0.831. The highest BCUT2D eigenvalue weighted by atomic mass is 16.4. The fraction of sp³-hybridized carbons (Fsp3) is 0.375. The quantitative estimate of drug-likeness (QED) is 0.897. The van der Waals surface area contributed by atoms with Crippen molar-refractivity contribution in [2.75, 3.05) is 5.32 Å². The van der Waals surface area contributed by atoms with Crippen LogP contribution in [0.4, 0.5) is 5.69 Å². The zero-order valence-corrected chi connectivity index (χ0v) is 13.0. The van der Waals surface area contributed by atoms with Crippen LogP contribution in [-0.2, 0) is 9.59 Å². The van der Waals surface area contributed by atoms with Crippen LogP contribution in [0.15, 0.2) is 28.7 Å². The molecule has 0 saturated heterocycles. The second-order valence-corrected chi connectivity index (χ2v) is 6.31. The van der Waals surface area contributed by atoms with Gasteiger partial charge in [0, 0.05) is 18.2 Å². The maximum Gasteiger partial charge on any atom is 0.307 e. The average molecular weight is 315 g/mol. The van der Waals surface area contributed by atoms with Crippen molar-refractivity contribution in [3.63, 3.8) is 0 Å². The van der Waals surface area contributed by atoms with Crippen molar-refractivity contribution >= 4 is 17.6 Å². The number of carboxylic acid groups (broad SMARTS) is 1. The summed E-state index contributed by atoms with van der Waals surface area (Å²) in [7, 11) is 0. The lowest BCUT2D eigenvalue weighted by molar-refractivity contribution is -0.140. The Kier molecular flexibility index (Phi) is 3.43. The largest absolute Gasteiger partial charge is 0.481 e. The number of nitrogens with zero attached hydrogens (tertiary/aromatic N) is 2. The zero-order chi connectivity index (χ0) is 16.8. The number of benzene rings is 1. The average Bonchev–Trinajstić information content (AvgIpc) is 2.83. The number of anilines is 1. The van der Waals surface area contributed by atoms with Gasteiger partial charge in [-0.3, -0.25) is 9.59 Å². The molecule has 3 rings (SSSR count). The predicted molar refractivity (Wildman–Crippen MR) is 81.5 cm³/mol. The predicted octanol–water partition coefficient (Wildman–Crippen LogP) is 2.34. The van der Waals surface area contributed by atoms with Crippen LogP contribution in [0.25, 0.3) is 11.5 Å². The molecule has 2 aromatic rings. The Morgan fingerprint density at radius 2 is 1.83 bits per heavy atom. The Balaban J connectivity index is 1.69. The molecule has 1 heterocycles. The fourth-order valence-electron chi connectivity index (χ4n) is 2.92. The third-order valence-corrected chi connectivity index (χ3v) is 4.30. The fourth-order valence-corrected chi connectivity index (χ4v) is 2.92. The zero-order valence-electron chi connectivity index (χ0n) is 13.0. The normalized spacial score (nSPS) is 21.7. The van der Waals surface area contributed by atoms with Crippen molar-refractivity contribution in [3.05, 3.63) is 30.2 Å². The number of hydrogen-bond acceptors (Lipinski definition) is 5. The minimum absolute atomic E-state index is 0.274. The standard InChI is InChI=1S/C16H17N3O4/c1-8-18-19-14(23-8)9-4-6-10(7-5-9)17-13(20)11-12(15(21)22)16(11,2)3/h4-7,11-12H,1-3H3,(H,17,20)(H,21,22)/t11-,12+/m0/s1. The number of carboxylic acids is 1. The highest BCUT2D eigenvalue weighted by molar-refractivity contribution is 5.99. The molecule has 0 spiro atoms. The molecule has 0 bridgehead atoms. The molecule has 2 N–H and O–H groups in total.